The van der Waals surface area contributed by atoms with E-state index in [0.29, 0.717) is 5.82 Å². The van der Waals surface area contributed by atoms with Crippen LogP contribution in [0.1, 0.15) is 0 Å². The summed E-state index contributed by atoms with van der Waals surface area (Å²) in [5.74, 6) is 0.680. The topological polar surface area (TPSA) is 38.7 Å². The summed E-state index contributed by atoms with van der Waals surface area (Å²) in [6.07, 6.45) is 0. The molecule has 0 radical (unpaired) electrons. The summed E-state index contributed by atoms with van der Waals surface area (Å²) in [5.41, 5.74) is 12.1. The van der Waals surface area contributed by atoms with E-state index in [1.165, 1.54) is 30.9 Å². The fraction of sp³-hybridized carbons (Fsp3) is 0. The van der Waals surface area contributed by atoms with Crippen molar-refractivity contribution in [2.75, 3.05) is 0 Å². The Morgan fingerprint density at radius 1 is 0.316 bits per heavy atom. The maximum Gasteiger partial charge on any atom is 0.160 e. The van der Waals surface area contributed by atoms with Crippen LogP contribution < -0.4 is 0 Å². The molecule has 57 heavy (non-hydrogen) atoms. The highest BCUT2D eigenvalue weighted by molar-refractivity contribution is 7.26. The van der Waals surface area contributed by atoms with E-state index < -0.39 is 0 Å². The lowest BCUT2D eigenvalue weighted by molar-refractivity contribution is 1.18. The largest absolute Gasteiger partial charge is 0.247 e. The van der Waals surface area contributed by atoms with Crippen LogP contribution in [-0.2, 0) is 0 Å². The molecule has 3 heterocycles. The van der Waals surface area contributed by atoms with Crippen molar-refractivity contribution in [3.8, 4) is 67.4 Å². The predicted octanol–water partition coefficient (Wildman–Crippen LogP) is 14.5. The lowest BCUT2D eigenvalue weighted by atomic mass is 9.91. The molecule has 3 nitrogen and oxygen atoms in total. The standard InChI is InChI=1S/C53H33N3S/c1-4-16-34(17-5-1)37-22-14-25-40(32-37)53-55-50(35-18-6-2-7-19-35)47(51(56-53)36-20-8-3-9-21-36)38-23-15-24-39(33-38)49-44-31-30-42-41-26-11-13-29-46(41)57-52(42)48(44)43-27-10-12-28-45(43)54-49/h1-33H. The second kappa shape index (κ2) is 13.8. The molecular formula is C53H33N3S. The van der Waals surface area contributed by atoms with Crippen molar-refractivity contribution in [3.63, 3.8) is 0 Å². The van der Waals surface area contributed by atoms with E-state index in [1.807, 2.05) is 17.4 Å². The summed E-state index contributed by atoms with van der Waals surface area (Å²) in [7, 11) is 0. The van der Waals surface area contributed by atoms with Gasteiger partial charge in [0.15, 0.2) is 5.82 Å². The number of pyridine rings is 1. The van der Waals surface area contributed by atoms with Gasteiger partial charge in [0, 0.05) is 64.1 Å². The smallest absolute Gasteiger partial charge is 0.160 e. The van der Waals surface area contributed by atoms with E-state index in [2.05, 4.69) is 194 Å². The van der Waals surface area contributed by atoms with Gasteiger partial charge in [-0.2, -0.15) is 0 Å². The Balaban J connectivity index is 1.16. The summed E-state index contributed by atoms with van der Waals surface area (Å²) < 4.78 is 2.59. The van der Waals surface area contributed by atoms with Crippen molar-refractivity contribution < 1.29 is 0 Å². The average molecular weight is 744 g/mol. The van der Waals surface area contributed by atoms with Crippen LogP contribution in [0.4, 0.5) is 0 Å². The zero-order valence-corrected chi connectivity index (χ0v) is 31.6. The van der Waals surface area contributed by atoms with Gasteiger partial charge >= 0.3 is 0 Å². The van der Waals surface area contributed by atoms with Crippen LogP contribution in [0, 0.1) is 0 Å². The molecule has 4 heteroatoms. The first-order valence-electron chi connectivity index (χ1n) is 19.2. The fourth-order valence-electron chi connectivity index (χ4n) is 8.20. The SMILES string of the molecule is c1ccc(-c2cccc(-c3nc(-c4ccccc4)c(-c4cccc(-c5nc6ccccc6c6c5ccc5c7ccccc7sc56)c4)c(-c4ccccc4)n3)c2)cc1. The Bertz CT molecular complexity index is 3220. The van der Waals surface area contributed by atoms with Crippen LogP contribution in [0.25, 0.3) is 109 Å². The molecule has 0 aliphatic heterocycles. The first-order valence-corrected chi connectivity index (χ1v) is 20.0. The highest BCUT2D eigenvalue weighted by atomic mass is 32.1. The van der Waals surface area contributed by atoms with Gasteiger partial charge in [-0.05, 0) is 41.0 Å². The second-order valence-electron chi connectivity index (χ2n) is 14.3. The summed E-state index contributed by atoms with van der Waals surface area (Å²) in [4.78, 5) is 16.3. The molecule has 266 valence electrons. The summed E-state index contributed by atoms with van der Waals surface area (Å²) in [6.45, 7) is 0. The van der Waals surface area contributed by atoms with Crippen LogP contribution in [0.3, 0.4) is 0 Å². The molecule has 0 bridgehead atoms. The number of thiophene rings is 1. The van der Waals surface area contributed by atoms with Crippen molar-refractivity contribution in [3.05, 3.63) is 200 Å². The quantitative estimate of drug-likeness (QED) is 0.159. The van der Waals surface area contributed by atoms with Gasteiger partial charge in [0.05, 0.1) is 22.6 Å². The number of nitrogens with zero attached hydrogens (tertiary/aromatic N) is 3. The first kappa shape index (κ1) is 33.1. The normalized spacial score (nSPS) is 11.5. The molecule has 0 aliphatic rings. The van der Waals surface area contributed by atoms with E-state index in [1.54, 1.807) is 0 Å². The number of para-hydroxylation sites is 1. The van der Waals surface area contributed by atoms with Gasteiger partial charge < -0.3 is 0 Å². The van der Waals surface area contributed by atoms with E-state index >= 15 is 0 Å². The number of aromatic nitrogens is 3. The van der Waals surface area contributed by atoms with E-state index in [4.69, 9.17) is 15.0 Å². The number of rotatable bonds is 6. The Labute approximate surface area is 334 Å². The number of fused-ring (bicyclic) bond motifs is 7. The second-order valence-corrected chi connectivity index (χ2v) is 15.4. The third-order valence-corrected chi connectivity index (χ3v) is 12.1. The minimum atomic E-state index is 0.680. The van der Waals surface area contributed by atoms with E-state index in [0.717, 1.165) is 72.5 Å². The van der Waals surface area contributed by atoms with Crippen LogP contribution in [0.2, 0.25) is 0 Å². The lowest BCUT2D eigenvalue weighted by Gasteiger charge is -2.18. The van der Waals surface area contributed by atoms with Crippen molar-refractivity contribution in [1.82, 2.24) is 15.0 Å². The molecule has 0 fully saturated rings. The minimum absolute atomic E-state index is 0.680. The van der Waals surface area contributed by atoms with Crippen molar-refractivity contribution in [2.45, 2.75) is 0 Å². The van der Waals surface area contributed by atoms with Crippen LogP contribution >= 0.6 is 11.3 Å². The summed E-state index contributed by atoms with van der Waals surface area (Å²) >= 11 is 1.86. The first-order chi connectivity index (χ1) is 28.3. The highest BCUT2D eigenvalue weighted by Crippen LogP contribution is 2.45. The Morgan fingerprint density at radius 3 is 1.56 bits per heavy atom. The molecule has 11 aromatic rings. The fourth-order valence-corrected chi connectivity index (χ4v) is 9.46. The van der Waals surface area contributed by atoms with Gasteiger partial charge in [-0.25, -0.2) is 15.0 Å². The maximum absolute atomic E-state index is 5.43. The van der Waals surface area contributed by atoms with Crippen LogP contribution in [-0.4, -0.2) is 15.0 Å². The number of benzene rings is 8. The van der Waals surface area contributed by atoms with E-state index in [-0.39, 0.29) is 0 Å². The van der Waals surface area contributed by atoms with Gasteiger partial charge in [0.2, 0.25) is 0 Å². The van der Waals surface area contributed by atoms with E-state index in [9.17, 15) is 0 Å². The Kier molecular flexibility index (Phi) is 8.01. The van der Waals surface area contributed by atoms with Crippen molar-refractivity contribution in [2.24, 2.45) is 0 Å². The molecule has 0 amide bonds. The number of hydrogen-bond donors (Lipinski definition) is 0. The number of hydrogen-bond acceptors (Lipinski definition) is 4. The summed E-state index contributed by atoms with van der Waals surface area (Å²) in [5, 5.41) is 6.13. The zero-order chi connectivity index (χ0) is 37.7. The van der Waals surface area contributed by atoms with Gasteiger partial charge in [-0.15, -0.1) is 11.3 Å². The van der Waals surface area contributed by atoms with Crippen LogP contribution in [0.15, 0.2) is 200 Å². The minimum Gasteiger partial charge on any atom is -0.247 e. The molecular weight excluding hydrogens is 711 g/mol. The van der Waals surface area contributed by atoms with Crippen LogP contribution in [0.5, 0.6) is 0 Å². The van der Waals surface area contributed by atoms with Gasteiger partial charge in [0.25, 0.3) is 0 Å². The van der Waals surface area contributed by atoms with Crippen molar-refractivity contribution in [1.29, 1.82) is 0 Å². The molecule has 0 atom stereocenters. The molecule has 0 saturated heterocycles. The lowest BCUT2D eigenvalue weighted by Crippen LogP contribution is -2.01. The average Bonchev–Trinajstić information content (AvgIpc) is 3.68. The summed E-state index contributed by atoms with van der Waals surface area (Å²) in [6, 6.07) is 70.6. The predicted molar refractivity (Wildman–Crippen MR) is 240 cm³/mol. The molecule has 0 unspecified atom stereocenters. The van der Waals surface area contributed by atoms with Crippen molar-refractivity contribution >= 4 is 53.2 Å². The third-order valence-electron chi connectivity index (χ3n) is 10.9. The Morgan fingerprint density at radius 2 is 0.842 bits per heavy atom. The molecule has 11 rings (SSSR count). The van der Waals surface area contributed by atoms with Gasteiger partial charge in [-0.1, -0.05) is 176 Å². The molecule has 0 saturated carbocycles. The molecule has 0 spiro atoms. The zero-order valence-electron chi connectivity index (χ0n) is 30.8. The monoisotopic (exact) mass is 743 g/mol. The van der Waals surface area contributed by atoms with Gasteiger partial charge in [-0.3, -0.25) is 0 Å². The maximum atomic E-state index is 5.43. The molecule has 0 aliphatic carbocycles. The Hall–Kier alpha value is -7.27. The van der Waals surface area contributed by atoms with Gasteiger partial charge in [0.1, 0.15) is 0 Å². The third kappa shape index (κ3) is 5.78. The molecule has 3 aromatic heterocycles. The highest BCUT2D eigenvalue weighted by Gasteiger charge is 2.22. The molecule has 0 N–H and O–H groups in total. The molecule has 8 aromatic carbocycles.